The number of rotatable bonds is 3. The summed E-state index contributed by atoms with van der Waals surface area (Å²) in [6.07, 6.45) is 0. The Labute approximate surface area is 130 Å². The highest BCUT2D eigenvalue weighted by molar-refractivity contribution is 7.98. The molecule has 108 valence electrons. The molecule has 0 fully saturated rings. The third-order valence-corrected chi connectivity index (χ3v) is 4.38. The predicted octanol–water partition coefficient (Wildman–Crippen LogP) is 3.83. The second kappa shape index (κ2) is 6.04. The third-order valence-electron chi connectivity index (χ3n) is 3.29. The van der Waals surface area contributed by atoms with Crippen molar-refractivity contribution in [3.8, 4) is 6.07 Å². The van der Waals surface area contributed by atoms with E-state index in [0.717, 1.165) is 5.56 Å². The first-order valence-electron chi connectivity index (χ1n) is 6.61. The number of pyridine rings is 1. The van der Waals surface area contributed by atoms with Gasteiger partial charge in [0.2, 0.25) is 0 Å². The van der Waals surface area contributed by atoms with Crippen LogP contribution in [0.4, 0.5) is 4.39 Å². The number of nitrogens with one attached hydrogen (secondary N) is 1. The number of thioether (sulfide) groups is 1. The fraction of sp³-hybridized carbons (Fsp3) is 0.0588. The number of nitriles is 1. The number of halogens is 1. The van der Waals surface area contributed by atoms with Crippen LogP contribution in [0.5, 0.6) is 0 Å². The Morgan fingerprint density at radius 1 is 1.14 bits per heavy atom. The summed E-state index contributed by atoms with van der Waals surface area (Å²) in [5.41, 5.74) is 0.665. The quantitative estimate of drug-likeness (QED) is 0.748. The molecule has 0 aliphatic carbocycles. The molecule has 0 atom stereocenters. The molecule has 1 aromatic heterocycles. The Hall–Kier alpha value is -2.58. The number of hydrogen-bond acceptors (Lipinski definition) is 3. The molecule has 0 radical (unpaired) electrons. The Balaban J connectivity index is 2.08. The minimum Gasteiger partial charge on any atom is -0.315 e. The molecule has 3 aromatic rings. The van der Waals surface area contributed by atoms with E-state index in [1.807, 2.05) is 36.4 Å². The van der Waals surface area contributed by atoms with Crippen LogP contribution in [-0.2, 0) is 5.75 Å². The van der Waals surface area contributed by atoms with E-state index in [1.165, 1.54) is 30.0 Å². The smallest absolute Gasteiger partial charge is 0.267 e. The van der Waals surface area contributed by atoms with Crippen molar-refractivity contribution >= 4 is 22.5 Å². The fourth-order valence-corrected chi connectivity index (χ4v) is 3.22. The second-order valence-electron chi connectivity index (χ2n) is 4.73. The molecule has 0 amide bonds. The zero-order valence-corrected chi connectivity index (χ0v) is 12.3. The van der Waals surface area contributed by atoms with E-state index in [-0.39, 0.29) is 5.56 Å². The molecule has 22 heavy (non-hydrogen) atoms. The first kappa shape index (κ1) is 14.4. The molecule has 1 N–H and O–H groups in total. The highest BCUT2D eigenvalue weighted by Gasteiger charge is 2.12. The molecule has 0 saturated carbocycles. The van der Waals surface area contributed by atoms with E-state index in [9.17, 15) is 9.18 Å². The van der Waals surface area contributed by atoms with Crippen LogP contribution >= 0.6 is 11.8 Å². The lowest BCUT2D eigenvalue weighted by atomic mass is 10.1. The first-order chi connectivity index (χ1) is 10.7. The number of nitrogens with zero attached hydrogens (tertiary/aromatic N) is 1. The van der Waals surface area contributed by atoms with Crippen molar-refractivity contribution in [3.05, 3.63) is 75.8 Å². The number of fused-ring (bicyclic) bond motifs is 1. The molecule has 0 aliphatic rings. The van der Waals surface area contributed by atoms with Gasteiger partial charge in [-0.05, 0) is 23.8 Å². The van der Waals surface area contributed by atoms with Crippen LogP contribution in [0, 0.1) is 17.1 Å². The van der Waals surface area contributed by atoms with Gasteiger partial charge in [-0.3, -0.25) is 4.79 Å². The lowest BCUT2D eigenvalue weighted by Crippen LogP contribution is -2.11. The van der Waals surface area contributed by atoms with Gasteiger partial charge < -0.3 is 4.98 Å². The average Bonchev–Trinajstić information content (AvgIpc) is 2.54. The van der Waals surface area contributed by atoms with Gasteiger partial charge >= 0.3 is 0 Å². The van der Waals surface area contributed by atoms with Crippen molar-refractivity contribution < 1.29 is 4.39 Å². The topological polar surface area (TPSA) is 56.6 Å². The zero-order chi connectivity index (χ0) is 15.5. The lowest BCUT2D eigenvalue weighted by Gasteiger charge is -2.08. The monoisotopic (exact) mass is 310 g/mol. The maximum Gasteiger partial charge on any atom is 0.267 e. The number of aromatic amines is 1. The Morgan fingerprint density at radius 3 is 2.64 bits per heavy atom. The van der Waals surface area contributed by atoms with Gasteiger partial charge in [0.15, 0.2) is 0 Å². The van der Waals surface area contributed by atoms with Crippen LogP contribution in [0.1, 0.15) is 11.1 Å². The van der Waals surface area contributed by atoms with Crippen LogP contribution in [0.2, 0.25) is 0 Å². The molecule has 3 rings (SSSR count). The van der Waals surface area contributed by atoms with Gasteiger partial charge in [0.05, 0.1) is 5.03 Å². The first-order valence-corrected chi connectivity index (χ1v) is 7.60. The molecule has 1 heterocycles. The van der Waals surface area contributed by atoms with E-state index in [0.29, 0.717) is 21.6 Å². The Morgan fingerprint density at radius 2 is 1.91 bits per heavy atom. The molecular weight excluding hydrogens is 299 g/mol. The molecule has 0 aliphatic heterocycles. The average molecular weight is 310 g/mol. The summed E-state index contributed by atoms with van der Waals surface area (Å²) in [4.78, 5) is 14.7. The van der Waals surface area contributed by atoms with Crippen LogP contribution in [0.25, 0.3) is 10.8 Å². The summed E-state index contributed by atoms with van der Waals surface area (Å²) >= 11 is 1.41. The minimum atomic E-state index is -0.447. The summed E-state index contributed by atoms with van der Waals surface area (Å²) in [6, 6.07) is 15.7. The normalized spacial score (nSPS) is 10.5. The number of aromatic nitrogens is 1. The Bertz CT molecular complexity index is 929. The van der Waals surface area contributed by atoms with Gasteiger partial charge in [0, 0.05) is 16.5 Å². The van der Waals surface area contributed by atoms with Gasteiger partial charge in [-0.15, -0.1) is 11.8 Å². The van der Waals surface area contributed by atoms with Crippen molar-refractivity contribution in [2.75, 3.05) is 0 Å². The highest BCUT2D eigenvalue weighted by Crippen LogP contribution is 2.29. The van der Waals surface area contributed by atoms with Crippen LogP contribution in [-0.4, -0.2) is 4.98 Å². The maximum atomic E-state index is 13.5. The molecule has 0 bridgehead atoms. The minimum absolute atomic E-state index is 0.0130. The van der Waals surface area contributed by atoms with Gasteiger partial charge in [0.1, 0.15) is 17.4 Å². The molecule has 2 aromatic carbocycles. The Kier molecular flexibility index (Phi) is 3.94. The zero-order valence-electron chi connectivity index (χ0n) is 11.5. The maximum absolute atomic E-state index is 13.5. The molecule has 0 saturated heterocycles. The van der Waals surface area contributed by atoms with Gasteiger partial charge in [0.25, 0.3) is 5.56 Å². The summed E-state index contributed by atoms with van der Waals surface area (Å²) in [5, 5.41) is 10.7. The van der Waals surface area contributed by atoms with Crippen LogP contribution < -0.4 is 5.56 Å². The van der Waals surface area contributed by atoms with E-state index >= 15 is 0 Å². The summed E-state index contributed by atoms with van der Waals surface area (Å²) in [6.45, 7) is 0. The van der Waals surface area contributed by atoms with E-state index in [4.69, 9.17) is 5.26 Å². The van der Waals surface area contributed by atoms with E-state index < -0.39 is 11.4 Å². The summed E-state index contributed by atoms with van der Waals surface area (Å²) < 4.78 is 13.5. The summed E-state index contributed by atoms with van der Waals surface area (Å²) in [5.74, 6) is 0.249. The fourth-order valence-electron chi connectivity index (χ4n) is 2.23. The lowest BCUT2D eigenvalue weighted by molar-refractivity contribution is 0.629. The molecule has 0 unspecified atom stereocenters. The highest BCUT2D eigenvalue weighted by atomic mass is 32.2. The van der Waals surface area contributed by atoms with Gasteiger partial charge in [-0.1, -0.05) is 30.3 Å². The van der Waals surface area contributed by atoms with Crippen molar-refractivity contribution in [3.63, 3.8) is 0 Å². The SMILES string of the molecule is N#Cc1c(=O)[nH]c(SCc2ccccc2)c2cc(F)ccc12. The largest absolute Gasteiger partial charge is 0.315 e. The number of benzene rings is 2. The van der Waals surface area contributed by atoms with Crippen molar-refractivity contribution in [1.82, 2.24) is 4.98 Å². The second-order valence-corrected chi connectivity index (χ2v) is 5.72. The number of hydrogen-bond donors (Lipinski definition) is 1. The van der Waals surface area contributed by atoms with Crippen molar-refractivity contribution in [2.24, 2.45) is 0 Å². The summed E-state index contributed by atoms with van der Waals surface area (Å²) in [7, 11) is 0. The third kappa shape index (κ3) is 2.74. The predicted molar refractivity (Wildman–Crippen MR) is 85.2 cm³/mol. The molecule has 0 spiro atoms. The van der Waals surface area contributed by atoms with Crippen molar-refractivity contribution in [2.45, 2.75) is 10.8 Å². The number of H-pyrrole nitrogens is 1. The standard InChI is InChI=1S/C17H11FN2OS/c18-12-6-7-13-14(8-12)17(20-16(21)15(13)9-19)22-10-11-4-2-1-3-5-11/h1-8H,10H2,(H,20,21). The molecule has 3 nitrogen and oxygen atoms in total. The van der Waals surface area contributed by atoms with Crippen LogP contribution in [0.15, 0.2) is 58.4 Å². The molecular formula is C17H11FN2OS. The van der Waals surface area contributed by atoms with Gasteiger partial charge in [-0.2, -0.15) is 5.26 Å². The van der Waals surface area contributed by atoms with Crippen LogP contribution in [0.3, 0.4) is 0 Å². The van der Waals surface area contributed by atoms with Crippen molar-refractivity contribution in [1.29, 1.82) is 5.26 Å². The van der Waals surface area contributed by atoms with Gasteiger partial charge in [-0.25, -0.2) is 4.39 Å². The van der Waals surface area contributed by atoms with E-state index in [1.54, 1.807) is 0 Å². The molecule has 5 heteroatoms. The van der Waals surface area contributed by atoms with E-state index in [2.05, 4.69) is 4.98 Å².